The monoisotopic (exact) mass is 350 g/mol. The average molecular weight is 350 g/mol. The molecule has 2 aromatic rings. The fraction of sp³-hybridized carbons (Fsp3) is 0.250. The normalized spacial score (nSPS) is 19.1. The van der Waals surface area contributed by atoms with Crippen molar-refractivity contribution in [2.75, 3.05) is 11.5 Å². The van der Waals surface area contributed by atoms with Crippen LogP contribution in [-0.2, 0) is 9.59 Å². The lowest BCUT2D eigenvalue weighted by Gasteiger charge is -2.26. The Morgan fingerprint density at radius 1 is 1.04 bits per heavy atom. The van der Waals surface area contributed by atoms with Crippen LogP contribution in [0.3, 0.4) is 0 Å². The van der Waals surface area contributed by atoms with Crippen molar-refractivity contribution < 1.29 is 19.1 Å². The molecule has 1 N–H and O–H groups in total. The molecule has 132 valence electrons. The van der Waals surface area contributed by atoms with E-state index in [1.54, 1.807) is 24.3 Å². The fourth-order valence-electron chi connectivity index (χ4n) is 3.38. The highest BCUT2D eigenvalue weighted by Crippen LogP contribution is 2.32. The molecule has 0 bridgehead atoms. The number of imide groups is 1. The van der Waals surface area contributed by atoms with Crippen molar-refractivity contribution >= 4 is 23.4 Å². The van der Waals surface area contributed by atoms with Gasteiger partial charge in [-0.25, -0.2) is 0 Å². The summed E-state index contributed by atoms with van der Waals surface area (Å²) in [7, 11) is 0. The van der Waals surface area contributed by atoms with Crippen LogP contribution in [0, 0.1) is 0 Å². The van der Waals surface area contributed by atoms with Gasteiger partial charge in [0.05, 0.1) is 18.3 Å². The van der Waals surface area contributed by atoms with Crippen LogP contribution in [-0.4, -0.2) is 24.3 Å². The fourth-order valence-corrected chi connectivity index (χ4v) is 3.38. The number of hydrogen-bond donors (Lipinski definition) is 1. The number of amides is 3. The molecule has 0 aromatic heterocycles. The van der Waals surface area contributed by atoms with Crippen molar-refractivity contribution in [2.24, 2.45) is 0 Å². The van der Waals surface area contributed by atoms with Gasteiger partial charge in [-0.1, -0.05) is 24.3 Å². The van der Waals surface area contributed by atoms with E-state index in [-0.39, 0.29) is 36.6 Å². The van der Waals surface area contributed by atoms with Gasteiger partial charge in [-0.05, 0) is 24.3 Å². The molecule has 6 nitrogen and oxygen atoms in total. The lowest BCUT2D eigenvalue weighted by Crippen LogP contribution is -2.32. The summed E-state index contributed by atoms with van der Waals surface area (Å²) in [5, 5.41) is 3.02. The molecule has 0 radical (unpaired) electrons. The van der Waals surface area contributed by atoms with Crippen molar-refractivity contribution in [3.05, 3.63) is 59.7 Å². The Morgan fingerprint density at radius 2 is 1.81 bits per heavy atom. The van der Waals surface area contributed by atoms with Crippen LogP contribution in [0.1, 0.15) is 41.2 Å². The minimum absolute atomic E-state index is 0.133. The molecular formula is C20H18N2O4. The first kappa shape index (κ1) is 16.3. The molecule has 3 amide bonds. The van der Waals surface area contributed by atoms with E-state index in [0.29, 0.717) is 24.3 Å². The Balaban J connectivity index is 1.56. The van der Waals surface area contributed by atoms with Gasteiger partial charge in [0.2, 0.25) is 11.8 Å². The van der Waals surface area contributed by atoms with Crippen LogP contribution in [0.2, 0.25) is 0 Å². The zero-order valence-corrected chi connectivity index (χ0v) is 14.1. The number of nitrogens with zero attached hydrogens (tertiary/aromatic N) is 1. The summed E-state index contributed by atoms with van der Waals surface area (Å²) < 4.78 is 5.62. The third-order valence-corrected chi connectivity index (χ3v) is 4.68. The Labute approximate surface area is 150 Å². The highest BCUT2D eigenvalue weighted by molar-refractivity contribution is 6.20. The van der Waals surface area contributed by atoms with Crippen molar-refractivity contribution in [3.8, 4) is 5.75 Å². The third-order valence-electron chi connectivity index (χ3n) is 4.68. The molecule has 0 spiro atoms. The van der Waals surface area contributed by atoms with Crippen LogP contribution in [0.4, 0.5) is 5.69 Å². The number of rotatable bonds is 3. The molecule has 2 aliphatic rings. The summed E-state index contributed by atoms with van der Waals surface area (Å²) in [5.74, 6) is 0.0792. The number of benzene rings is 2. The largest absolute Gasteiger partial charge is 0.493 e. The quantitative estimate of drug-likeness (QED) is 0.864. The second-order valence-corrected chi connectivity index (χ2v) is 6.37. The van der Waals surface area contributed by atoms with Gasteiger partial charge in [-0.2, -0.15) is 0 Å². The summed E-state index contributed by atoms with van der Waals surface area (Å²) in [5.41, 5.74) is 1.81. The molecule has 1 fully saturated rings. The lowest BCUT2D eigenvalue weighted by molar-refractivity contribution is -0.121. The Morgan fingerprint density at radius 3 is 2.62 bits per heavy atom. The first-order valence-corrected chi connectivity index (χ1v) is 8.62. The molecule has 1 saturated heterocycles. The first-order chi connectivity index (χ1) is 12.6. The van der Waals surface area contributed by atoms with Crippen molar-refractivity contribution in [1.29, 1.82) is 0 Å². The molecule has 2 aromatic carbocycles. The van der Waals surface area contributed by atoms with Gasteiger partial charge in [0.1, 0.15) is 5.75 Å². The van der Waals surface area contributed by atoms with E-state index in [4.69, 9.17) is 4.74 Å². The van der Waals surface area contributed by atoms with Gasteiger partial charge in [0, 0.05) is 30.4 Å². The number of anilines is 1. The van der Waals surface area contributed by atoms with Gasteiger partial charge in [0.15, 0.2) is 0 Å². The highest BCUT2D eigenvalue weighted by Gasteiger charge is 2.31. The third kappa shape index (κ3) is 2.94. The smallest absolute Gasteiger partial charge is 0.251 e. The van der Waals surface area contributed by atoms with Crippen LogP contribution in [0.25, 0.3) is 0 Å². The molecule has 0 saturated carbocycles. The van der Waals surface area contributed by atoms with E-state index in [9.17, 15) is 14.4 Å². The summed E-state index contributed by atoms with van der Waals surface area (Å²) in [6.45, 7) is 0.540. The maximum atomic E-state index is 12.7. The number of carbonyl (C=O) groups is 3. The van der Waals surface area contributed by atoms with E-state index in [2.05, 4.69) is 5.32 Å². The molecule has 26 heavy (non-hydrogen) atoms. The number of hydrogen-bond acceptors (Lipinski definition) is 4. The second-order valence-electron chi connectivity index (χ2n) is 6.37. The van der Waals surface area contributed by atoms with Gasteiger partial charge >= 0.3 is 0 Å². The zero-order valence-electron chi connectivity index (χ0n) is 14.1. The standard InChI is InChI=1S/C20H18N2O4/c23-18-8-9-19(24)22(18)14-5-3-4-13(12-14)20(25)21-16-10-11-26-17-7-2-1-6-15(16)17/h1-7,12,16H,8-11H2,(H,21,25). The van der Waals surface area contributed by atoms with Crippen LogP contribution >= 0.6 is 0 Å². The van der Waals surface area contributed by atoms with Crippen LogP contribution in [0.15, 0.2) is 48.5 Å². The second kappa shape index (κ2) is 6.63. The van der Waals surface area contributed by atoms with Gasteiger partial charge in [0.25, 0.3) is 5.91 Å². The molecule has 2 heterocycles. The van der Waals surface area contributed by atoms with Gasteiger partial charge < -0.3 is 10.1 Å². The molecule has 6 heteroatoms. The number of nitrogens with one attached hydrogen (secondary N) is 1. The molecule has 4 rings (SSSR count). The Hall–Kier alpha value is -3.15. The maximum absolute atomic E-state index is 12.7. The molecule has 0 aliphatic carbocycles. The minimum atomic E-state index is -0.243. The topological polar surface area (TPSA) is 75.7 Å². The molecule has 2 aliphatic heterocycles. The van der Waals surface area contributed by atoms with Crippen molar-refractivity contribution in [1.82, 2.24) is 5.32 Å². The van der Waals surface area contributed by atoms with E-state index in [1.807, 2.05) is 24.3 Å². The number of ether oxygens (including phenoxy) is 1. The van der Waals surface area contributed by atoms with Gasteiger partial charge in [-0.3, -0.25) is 19.3 Å². The lowest BCUT2D eigenvalue weighted by atomic mass is 10.00. The highest BCUT2D eigenvalue weighted by atomic mass is 16.5. The molecular weight excluding hydrogens is 332 g/mol. The minimum Gasteiger partial charge on any atom is -0.493 e. The number of fused-ring (bicyclic) bond motifs is 1. The summed E-state index contributed by atoms with van der Waals surface area (Å²) >= 11 is 0. The summed E-state index contributed by atoms with van der Waals surface area (Å²) in [6.07, 6.45) is 1.12. The van der Waals surface area contributed by atoms with E-state index in [0.717, 1.165) is 16.2 Å². The van der Waals surface area contributed by atoms with Crippen LogP contribution < -0.4 is 15.0 Å². The number of carbonyl (C=O) groups excluding carboxylic acids is 3. The van der Waals surface area contributed by atoms with E-state index in [1.165, 1.54) is 0 Å². The molecule has 1 atom stereocenters. The van der Waals surface area contributed by atoms with E-state index < -0.39 is 0 Å². The predicted molar refractivity (Wildman–Crippen MR) is 94.9 cm³/mol. The summed E-state index contributed by atoms with van der Waals surface area (Å²) in [4.78, 5) is 37.7. The molecule has 1 unspecified atom stereocenters. The first-order valence-electron chi connectivity index (χ1n) is 8.62. The average Bonchev–Trinajstić information content (AvgIpc) is 3.00. The summed E-state index contributed by atoms with van der Waals surface area (Å²) in [6, 6.07) is 14.1. The zero-order chi connectivity index (χ0) is 18.1. The van der Waals surface area contributed by atoms with Gasteiger partial charge in [-0.15, -0.1) is 0 Å². The van der Waals surface area contributed by atoms with Crippen LogP contribution in [0.5, 0.6) is 5.75 Å². The van der Waals surface area contributed by atoms with E-state index >= 15 is 0 Å². The predicted octanol–water partition coefficient (Wildman–Crippen LogP) is 2.59. The maximum Gasteiger partial charge on any atom is 0.251 e. The Bertz CT molecular complexity index is 877. The SMILES string of the molecule is O=C(NC1CCOc2ccccc21)c1cccc(N2C(=O)CCC2=O)c1. The van der Waals surface area contributed by atoms with Crippen molar-refractivity contribution in [3.63, 3.8) is 0 Å². The van der Waals surface area contributed by atoms with Crippen molar-refractivity contribution in [2.45, 2.75) is 25.3 Å². The number of para-hydroxylation sites is 1. The Kier molecular flexibility index (Phi) is 4.16.